The van der Waals surface area contributed by atoms with Gasteiger partial charge >= 0.3 is 0 Å². The number of hydrogen-bond acceptors (Lipinski definition) is 4. The number of piperazine rings is 1. The van der Waals surface area contributed by atoms with Crippen molar-refractivity contribution in [2.45, 2.75) is 6.54 Å². The Bertz CT molecular complexity index is 758. The van der Waals surface area contributed by atoms with Gasteiger partial charge in [-0.3, -0.25) is 9.69 Å². The molecule has 1 fully saturated rings. The summed E-state index contributed by atoms with van der Waals surface area (Å²) >= 11 is 0. The molecule has 0 atom stereocenters. The molecule has 1 saturated heterocycles. The smallest absolute Gasteiger partial charge is 0.253 e. The number of benzene rings is 2. The van der Waals surface area contributed by atoms with Gasteiger partial charge < -0.3 is 15.4 Å². The van der Waals surface area contributed by atoms with Crippen molar-refractivity contribution in [1.29, 1.82) is 0 Å². The Kier molecular flexibility index (Phi) is 5.19. The number of amides is 1. The lowest BCUT2D eigenvalue weighted by Crippen LogP contribution is -2.46. The summed E-state index contributed by atoms with van der Waals surface area (Å²) in [7, 11) is 1.67. The molecule has 2 aromatic rings. The van der Waals surface area contributed by atoms with E-state index < -0.39 is 11.7 Å². The van der Waals surface area contributed by atoms with Crippen LogP contribution in [0, 0.1) is 5.82 Å². The second-order valence-corrected chi connectivity index (χ2v) is 6.07. The zero-order chi connectivity index (χ0) is 17.8. The zero-order valence-electron chi connectivity index (χ0n) is 14.2. The van der Waals surface area contributed by atoms with Crippen molar-refractivity contribution in [3.8, 4) is 5.75 Å². The van der Waals surface area contributed by atoms with Crippen LogP contribution in [-0.4, -0.2) is 44.1 Å². The van der Waals surface area contributed by atoms with Crippen molar-refractivity contribution in [3.63, 3.8) is 0 Å². The largest absolute Gasteiger partial charge is 0.496 e. The summed E-state index contributed by atoms with van der Waals surface area (Å²) in [6.45, 7) is 3.83. The quantitative estimate of drug-likeness (QED) is 0.905. The fourth-order valence-corrected chi connectivity index (χ4v) is 3.24. The molecule has 1 heterocycles. The lowest BCUT2D eigenvalue weighted by Gasteiger charge is -2.37. The lowest BCUT2D eigenvalue weighted by molar-refractivity contribution is 0.0996. The predicted molar refractivity (Wildman–Crippen MR) is 95.4 cm³/mol. The fourth-order valence-electron chi connectivity index (χ4n) is 3.24. The topological polar surface area (TPSA) is 58.8 Å². The number of carbonyl (C=O) groups excluding carboxylic acids is 1. The molecule has 1 amide bonds. The van der Waals surface area contributed by atoms with Crippen LogP contribution in [-0.2, 0) is 6.54 Å². The number of hydrogen-bond donors (Lipinski definition) is 1. The fraction of sp³-hybridized carbons (Fsp3) is 0.316. The lowest BCUT2D eigenvalue weighted by atomic mass is 10.1. The predicted octanol–water partition coefficient (Wildman–Crippen LogP) is 2.26. The van der Waals surface area contributed by atoms with Gasteiger partial charge in [0.2, 0.25) is 0 Å². The van der Waals surface area contributed by atoms with Crippen molar-refractivity contribution in [2.75, 3.05) is 38.2 Å². The van der Waals surface area contributed by atoms with Crippen molar-refractivity contribution in [3.05, 3.63) is 59.4 Å². The van der Waals surface area contributed by atoms with E-state index in [1.54, 1.807) is 19.2 Å². The summed E-state index contributed by atoms with van der Waals surface area (Å²) in [5.41, 5.74) is 7.04. The monoisotopic (exact) mass is 343 g/mol. The van der Waals surface area contributed by atoms with Gasteiger partial charge in [0.05, 0.1) is 18.4 Å². The Morgan fingerprint density at radius 3 is 2.52 bits per heavy atom. The normalized spacial score (nSPS) is 15.2. The molecule has 0 radical (unpaired) electrons. The highest BCUT2D eigenvalue weighted by Gasteiger charge is 2.23. The van der Waals surface area contributed by atoms with Crippen molar-refractivity contribution < 1.29 is 13.9 Å². The summed E-state index contributed by atoms with van der Waals surface area (Å²) in [5, 5.41) is 0. The highest BCUT2D eigenvalue weighted by atomic mass is 19.1. The van der Waals surface area contributed by atoms with E-state index in [1.807, 2.05) is 23.1 Å². The van der Waals surface area contributed by atoms with E-state index >= 15 is 0 Å². The van der Waals surface area contributed by atoms with Gasteiger partial charge in [-0.25, -0.2) is 4.39 Å². The standard InChI is InChI=1S/C19H22FN3O2/c1-25-17-8-3-2-5-14(17)13-22-9-11-23(12-10-22)16-7-4-6-15(20)18(16)19(21)24/h2-8H,9-13H2,1H3,(H2,21,24). The molecule has 1 aliphatic rings. The first-order valence-corrected chi connectivity index (χ1v) is 8.27. The van der Waals surface area contributed by atoms with Gasteiger partial charge in [-0.15, -0.1) is 0 Å². The molecule has 1 aliphatic heterocycles. The van der Waals surface area contributed by atoms with E-state index in [0.717, 1.165) is 30.9 Å². The van der Waals surface area contributed by atoms with Crippen molar-refractivity contribution in [2.24, 2.45) is 5.73 Å². The third-order valence-electron chi connectivity index (χ3n) is 4.54. The molecule has 0 bridgehead atoms. The highest BCUT2D eigenvalue weighted by molar-refractivity contribution is 5.99. The number of carbonyl (C=O) groups is 1. The van der Waals surface area contributed by atoms with Crippen LogP contribution in [0.2, 0.25) is 0 Å². The van der Waals surface area contributed by atoms with Crippen LogP contribution in [0.15, 0.2) is 42.5 Å². The average Bonchev–Trinajstić information content (AvgIpc) is 2.62. The Morgan fingerprint density at radius 1 is 1.12 bits per heavy atom. The second-order valence-electron chi connectivity index (χ2n) is 6.07. The first-order chi connectivity index (χ1) is 12.1. The maximum atomic E-state index is 14.0. The molecule has 132 valence electrons. The van der Waals surface area contributed by atoms with Crippen LogP contribution >= 0.6 is 0 Å². The summed E-state index contributed by atoms with van der Waals surface area (Å²) in [5.74, 6) is -0.419. The van der Waals surface area contributed by atoms with Crippen molar-refractivity contribution >= 4 is 11.6 Å². The molecule has 0 aromatic heterocycles. The molecule has 5 nitrogen and oxygen atoms in total. The van der Waals surface area contributed by atoms with Gasteiger partial charge in [0.15, 0.2) is 0 Å². The van der Waals surface area contributed by atoms with Gasteiger partial charge in [-0.05, 0) is 18.2 Å². The molecule has 3 rings (SSSR count). The van der Waals surface area contributed by atoms with Crippen molar-refractivity contribution in [1.82, 2.24) is 4.90 Å². The molecule has 2 aromatic carbocycles. The van der Waals surface area contributed by atoms with E-state index in [2.05, 4.69) is 11.0 Å². The Morgan fingerprint density at radius 2 is 1.84 bits per heavy atom. The number of nitrogens with two attached hydrogens (primary N) is 1. The molecule has 6 heteroatoms. The Balaban J connectivity index is 1.69. The first-order valence-electron chi connectivity index (χ1n) is 8.27. The summed E-state index contributed by atoms with van der Waals surface area (Å²) in [6, 6.07) is 12.6. The third-order valence-corrected chi connectivity index (χ3v) is 4.54. The molecular weight excluding hydrogens is 321 g/mol. The van der Waals surface area contributed by atoms with Gasteiger partial charge in [0.1, 0.15) is 11.6 Å². The van der Waals surface area contributed by atoms with E-state index in [1.165, 1.54) is 6.07 Å². The SMILES string of the molecule is COc1ccccc1CN1CCN(c2cccc(F)c2C(N)=O)CC1. The minimum Gasteiger partial charge on any atom is -0.496 e. The van der Waals surface area contributed by atoms with Gasteiger partial charge in [-0.2, -0.15) is 0 Å². The third kappa shape index (κ3) is 3.74. The van der Waals surface area contributed by atoms with Gasteiger partial charge in [0, 0.05) is 38.3 Å². The van der Waals surface area contributed by atoms with E-state index in [4.69, 9.17) is 10.5 Å². The van der Waals surface area contributed by atoms with Crippen LogP contribution in [0.1, 0.15) is 15.9 Å². The molecule has 0 aliphatic carbocycles. The van der Waals surface area contributed by atoms with E-state index in [9.17, 15) is 9.18 Å². The van der Waals surface area contributed by atoms with Gasteiger partial charge in [-0.1, -0.05) is 24.3 Å². The molecule has 0 saturated carbocycles. The number of rotatable bonds is 5. The minimum atomic E-state index is -0.732. The number of para-hydroxylation sites is 1. The number of anilines is 1. The number of primary amides is 1. The summed E-state index contributed by atoms with van der Waals surface area (Å²) in [4.78, 5) is 15.9. The summed E-state index contributed by atoms with van der Waals surface area (Å²) < 4.78 is 19.4. The molecular formula is C19H22FN3O2. The molecule has 2 N–H and O–H groups in total. The van der Waals surface area contributed by atoms with Gasteiger partial charge in [0.25, 0.3) is 5.91 Å². The highest BCUT2D eigenvalue weighted by Crippen LogP contribution is 2.25. The number of ether oxygens (including phenoxy) is 1. The minimum absolute atomic E-state index is 0.0271. The molecule has 0 unspecified atom stereocenters. The van der Waals surface area contributed by atoms with Crippen LogP contribution in [0.4, 0.5) is 10.1 Å². The Hall–Kier alpha value is -2.60. The van der Waals surface area contributed by atoms with E-state index in [0.29, 0.717) is 18.8 Å². The maximum Gasteiger partial charge on any atom is 0.253 e. The van der Waals surface area contributed by atoms with E-state index in [-0.39, 0.29) is 5.56 Å². The van der Waals surface area contributed by atoms with Crippen LogP contribution in [0.3, 0.4) is 0 Å². The van der Waals surface area contributed by atoms with Crippen LogP contribution < -0.4 is 15.4 Å². The Labute approximate surface area is 146 Å². The number of nitrogens with zero attached hydrogens (tertiary/aromatic N) is 2. The zero-order valence-corrected chi connectivity index (χ0v) is 14.2. The summed E-state index contributed by atoms with van der Waals surface area (Å²) in [6.07, 6.45) is 0. The maximum absolute atomic E-state index is 14.0. The number of halogens is 1. The molecule has 25 heavy (non-hydrogen) atoms. The second kappa shape index (κ2) is 7.53. The van der Waals surface area contributed by atoms with Crippen LogP contribution in [0.5, 0.6) is 5.75 Å². The average molecular weight is 343 g/mol. The number of methoxy groups -OCH3 is 1. The first kappa shape index (κ1) is 17.2. The molecule has 0 spiro atoms. The van der Waals surface area contributed by atoms with Crippen LogP contribution in [0.25, 0.3) is 0 Å².